The number of nitrogens with one attached hydrogen (secondary N) is 1. The third kappa shape index (κ3) is 2.98. The number of rotatable bonds is 4. The monoisotopic (exact) mass is 349 g/mol. The van der Waals surface area contributed by atoms with Crippen LogP contribution in [0.3, 0.4) is 0 Å². The number of anilines is 1. The molecule has 5 aliphatic rings. The highest BCUT2D eigenvalue weighted by Crippen LogP contribution is 2.50. The van der Waals surface area contributed by atoms with Gasteiger partial charge in [0.05, 0.1) is 0 Å². The largest absolute Gasteiger partial charge is 0.354 e. The quantitative estimate of drug-likeness (QED) is 0.902. The van der Waals surface area contributed by atoms with Gasteiger partial charge < -0.3 is 10.2 Å². The number of likely N-dealkylation sites (tertiary alicyclic amines) is 1. The first-order chi connectivity index (χ1) is 12.7. The summed E-state index contributed by atoms with van der Waals surface area (Å²) in [6.45, 7) is 2.15. The smallest absolute Gasteiger partial charge is 0.226 e. The van der Waals surface area contributed by atoms with Crippen molar-refractivity contribution in [2.24, 2.45) is 0 Å². The highest BCUT2D eigenvalue weighted by atomic mass is 15.2. The van der Waals surface area contributed by atoms with Crippen LogP contribution in [0.2, 0.25) is 0 Å². The molecule has 1 N–H and O–H groups in total. The van der Waals surface area contributed by atoms with Gasteiger partial charge in [0.2, 0.25) is 5.95 Å². The number of allylic oxidation sites excluding steroid dienone is 6. The maximum Gasteiger partial charge on any atom is 0.226 e. The first-order valence-corrected chi connectivity index (χ1v) is 9.99. The summed E-state index contributed by atoms with van der Waals surface area (Å²) in [4.78, 5) is 16.9. The molecular formula is C21H27N5. The van der Waals surface area contributed by atoms with E-state index in [1.165, 1.54) is 43.4 Å². The summed E-state index contributed by atoms with van der Waals surface area (Å²) in [5.41, 5.74) is 2.75. The molecular weight excluding hydrogens is 322 g/mol. The van der Waals surface area contributed by atoms with Gasteiger partial charge in [-0.05, 0) is 57.7 Å². The van der Waals surface area contributed by atoms with Crippen molar-refractivity contribution in [1.82, 2.24) is 19.9 Å². The zero-order valence-corrected chi connectivity index (χ0v) is 15.5. The standard InChI is InChI=1S/C21H27N5/c1-26-12-4-6-17(26)7-11-22-20-24-18-16-13-15(14-16)5-2-3-8-21(9-10-21)19(23-18)25-20/h2-3,5,13,17H,4,6-12,14H2,1H3,(H,22,23,24,25)/b3-2-,15-5+. The van der Waals surface area contributed by atoms with Gasteiger partial charge in [0.1, 0.15) is 5.82 Å². The third-order valence-electron chi connectivity index (χ3n) is 6.39. The van der Waals surface area contributed by atoms with E-state index in [2.05, 4.69) is 41.6 Å². The van der Waals surface area contributed by atoms with Crippen LogP contribution in [-0.2, 0) is 5.41 Å². The minimum atomic E-state index is 0.143. The fourth-order valence-electron chi connectivity index (χ4n) is 4.35. The van der Waals surface area contributed by atoms with Gasteiger partial charge in [0.25, 0.3) is 0 Å². The van der Waals surface area contributed by atoms with Crippen molar-refractivity contribution in [2.75, 3.05) is 25.5 Å². The van der Waals surface area contributed by atoms with E-state index in [-0.39, 0.29) is 5.41 Å². The molecule has 2 fully saturated rings. The maximum absolute atomic E-state index is 4.87. The number of aromatic nitrogens is 3. The zero-order chi connectivity index (χ0) is 17.6. The minimum absolute atomic E-state index is 0.143. The SMILES string of the molecule is CN1CCCC1CCNc1nc2nc(n1)C1(C/C=C\C=C3/C=C2C3)CC1. The van der Waals surface area contributed by atoms with E-state index >= 15 is 0 Å². The van der Waals surface area contributed by atoms with E-state index in [1.54, 1.807) is 0 Å². The first-order valence-electron chi connectivity index (χ1n) is 9.99. The lowest BCUT2D eigenvalue weighted by atomic mass is 9.91. The maximum atomic E-state index is 4.87. The highest BCUT2D eigenvalue weighted by Gasteiger charge is 2.46. The topological polar surface area (TPSA) is 53.9 Å². The van der Waals surface area contributed by atoms with Gasteiger partial charge in [-0.2, -0.15) is 9.97 Å². The fraction of sp³-hybridized carbons (Fsp3) is 0.571. The van der Waals surface area contributed by atoms with Crippen LogP contribution in [-0.4, -0.2) is 46.0 Å². The van der Waals surface area contributed by atoms with Crippen molar-refractivity contribution in [2.45, 2.75) is 56.4 Å². The van der Waals surface area contributed by atoms with Gasteiger partial charge >= 0.3 is 0 Å². The molecule has 26 heavy (non-hydrogen) atoms. The average molecular weight is 349 g/mol. The van der Waals surface area contributed by atoms with Gasteiger partial charge in [-0.15, -0.1) is 0 Å². The minimum Gasteiger partial charge on any atom is -0.354 e. The summed E-state index contributed by atoms with van der Waals surface area (Å²) in [7, 11) is 2.23. The Morgan fingerprint density at radius 3 is 2.92 bits per heavy atom. The van der Waals surface area contributed by atoms with Crippen LogP contribution >= 0.6 is 0 Å². The van der Waals surface area contributed by atoms with Crippen molar-refractivity contribution in [3.05, 3.63) is 41.5 Å². The second-order valence-electron chi connectivity index (χ2n) is 8.30. The first kappa shape index (κ1) is 16.2. The Hall–Kier alpha value is -2.01. The van der Waals surface area contributed by atoms with Gasteiger partial charge in [-0.3, -0.25) is 0 Å². The van der Waals surface area contributed by atoms with Gasteiger partial charge in [0.15, 0.2) is 5.82 Å². The van der Waals surface area contributed by atoms with E-state index in [9.17, 15) is 0 Å². The second-order valence-corrected chi connectivity index (χ2v) is 8.30. The summed E-state index contributed by atoms with van der Waals surface area (Å²) in [5, 5.41) is 3.50. The van der Waals surface area contributed by atoms with Gasteiger partial charge in [-0.1, -0.05) is 24.3 Å². The van der Waals surface area contributed by atoms with E-state index in [0.717, 1.165) is 43.4 Å². The average Bonchev–Trinajstić information content (AvgIpc) is 3.29. The second kappa shape index (κ2) is 6.31. The molecule has 1 saturated heterocycles. The Labute approximate surface area is 155 Å². The van der Waals surface area contributed by atoms with Crippen LogP contribution in [0.1, 0.15) is 56.6 Å². The summed E-state index contributed by atoms with van der Waals surface area (Å²) in [5.74, 6) is 2.63. The Kier molecular flexibility index (Phi) is 3.92. The van der Waals surface area contributed by atoms with E-state index < -0.39 is 0 Å². The molecule has 4 bridgehead atoms. The molecule has 0 radical (unpaired) electrons. The zero-order valence-electron chi connectivity index (χ0n) is 15.5. The third-order valence-corrected chi connectivity index (χ3v) is 6.39. The summed E-state index contributed by atoms with van der Waals surface area (Å²) < 4.78 is 0. The molecule has 1 unspecified atom stereocenters. The van der Waals surface area contributed by atoms with Crippen molar-refractivity contribution in [3.63, 3.8) is 0 Å². The molecule has 6 rings (SSSR count). The molecule has 5 nitrogen and oxygen atoms in total. The van der Waals surface area contributed by atoms with Gasteiger partial charge in [0, 0.05) is 30.0 Å². The van der Waals surface area contributed by atoms with Crippen molar-refractivity contribution in [1.29, 1.82) is 0 Å². The van der Waals surface area contributed by atoms with Crippen LogP contribution in [0.25, 0.3) is 5.57 Å². The van der Waals surface area contributed by atoms with Crippen LogP contribution in [0, 0.1) is 0 Å². The molecule has 3 aliphatic heterocycles. The summed E-state index contributed by atoms with van der Waals surface area (Å²) >= 11 is 0. The Bertz CT molecular complexity index is 803. The molecule has 1 aromatic heterocycles. The molecule has 1 atom stereocenters. The number of fused-ring (bicyclic) bond motifs is 2. The Balaban J connectivity index is 1.38. The highest BCUT2D eigenvalue weighted by molar-refractivity contribution is 5.74. The van der Waals surface area contributed by atoms with Crippen LogP contribution in [0.15, 0.2) is 29.9 Å². The normalized spacial score (nSPS) is 29.2. The molecule has 5 heteroatoms. The van der Waals surface area contributed by atoms with E-state index in [0.29, 0.717) is 6.04 Å². The number of hydrogen-bond donors (Lipinski definition) is 1. The lowest BCUT2D eigenvalue weighted by molar-refractivity contribution is 0.301. The lowest BCUT2D eigenvalue weighted by Gasteiger charge is -2.21. The molecule has 0 amide bonds. The van der Waals surface area contributed by atoms with E-state index in [4.69, 9.17) is 15.0 Å². The molecule has 136 valence electrons. The summed E-state index contributed by atoms with van der Waals surface area (Å²) in [6.07, 6.45) is 17.1. The molecule has 1 saturated carbocycles. The van der Waals surface area contributed by atoms with Crippen molar-refractivity contribution >= 4 is 11.5 Å². The van der Waals surface area contributed by atoms with Crippen molar-refractivity contribution < 1.29 is 0 Å². The molecule has 0 aromatic carbocycles. The molecule has 1 aromatic rings. The molecule has 4 heterocycles. The van der Waals surface area contributed by atoms with E-state index in [1.807, 2.05) is 0 Å². The lowest BCUT2D eigenvalue weighted by Crippen LogP contribution is -2.27. The van der Waals surface area contributed by atoms with Crippen molar-refractivity contribution in [3.8, 4) is 0 Å². The summed E-state index contributed by atoms with van der Waals surface area (Å²) in [6, 6.07) is 0.694. The van der Waals surface area contributed by atoms with Crippen LogP contribution < -0.4 is 5.32 Å². The van der Waals surface area contributed by atoms with Gasteiger partial charge in [-0.25, -0.2) is 4.98 Å². The number of hydrogen-bond acceptors (Lipinski definition) is 5. The molecule has 2 aliphatic carbocycles. The predicted molar refractivity (Wildman–Crippen MR) is 104 cm³/mol. The van der Waals surface area contributed by atoms with Crippen LogP contribution in [0.4, 0.5) is 5.95 Å². The Morgan fingerprint density at radius 2 is 2.15 bits per heavy atom. The fourth-order valence-corrected chi connectivity index (χ4v) is 4.35. The predicted octanol–water partition coefficient (Wildman–Crippen LogP) is 3.47. The Morgan fingerprint density at radius 1 is 1.27 bits per heavy atom. The molecule has 1 spiro atoms. The van der Waals surface area contributed by atoms with Crippen LogP contribution in [0.5, 0.6) is 0 Å². The number of nitrogens with zero attached hydrogens (tertiary/aromatic N) is 4.